The maximum atomic E-state index is 14.6. The summed E-state index contributed by atoms with van der Waals surface area (Å²) in [6, 6.07) is -1.22. The van der Waals surface area contributed by atoms with Crippen LogP contribution in [0.5, 0.6) is 0 Å². The molecular weight excluding hydrogens is 959 g/mol. The summed E-state index contributed by atoms with van der Waals surface area (Å²) in [6.07, 6.45) is 8.64. The molecule has 1 unspecified atom stereocenters. The molecule has 3 fully saturated rings. The van der Waals surface area contributed by atoms with Crippen molar-refractivity contribution in [3.8, 4) is 0 Å². The lowest BCUT2D eigenvalue weighted by molar-refractivity contribution is -0.265. The fourth-order valence-electron chi connectivity index (χ4n) is 10.7. The number of fused-ring (bicyclic) bond motifs is 3. The van der Waals surface area contributed by atoms with Gasteiger partial charge in [0.15, 0.2) is 5.78 Å². The second kappa shape index (κ2) is 29.0. The first kappa shape index (κ1) is 62.6. The smallest absolute Gasteiger partial charge is 0.329 e. The summed E-state index contributed by atoms with van der Waals surface area (Å²) < 4.78 is 35.3. The van der Waals surface area contributed by atoms with Gasteiger partial charge in [0.1, 0.15) is 41.7 Å². The van der Waals surface area contributed by atoms with Crippen LogP contribution in [0.2, 0.25) is 0 Å². The molecule has 0 spiro atoms. The minimum absolute atomic E-state index is 0.0319. The highest BCUT2D eigenvalue weighted by Crippen LogP contribution is 2.38. The molecule has 15 atom stereocenters. The van der Waals surface area contributed by atoms with Gasteiger partial charge in [0.2, 0.25) is 5.79 Å². The number of hydrogen-bond acceptors (Lipinski definition) is 17. The molecule has 1 aliphatic carbocycles. The summed E-state index contributed by atoms with van der Waals surface area (Å²) in [5.41, 5.74) is -0.392. The number of ketones is 3. The van der Waals surface area contributed by atoms with Crippen molar-refractivity contribution in [2.45, 2.75) is 180 Å². The average molecular weight is 1050 g/mol. The van der Waals surface area contributed by atoms with Gasteiger partial charge in [-0.3, -0.25) is 24.0 Å². The third kappa shape index (κ3) is 16.0. The monoisotopic (exact) mass is 1050 g/mol. The zero-order valence-corrected chi connectivity index (χ0v) is 45.4. The number of aliphatic hydroxyl groups excluding tert-OH is 4. The predicted octanol–water partition coefficient (Wildman–Crippen LogP) is 4.69. The van der Waals surface area contributed by atoms with Gasteiger partial charge in [-0.25, -0.2) is 4.79 Å². The molecule has 18 heteroatoms. The van der Waals surface area contributed by atoms with Crippen LogP contribution in [-0.4, -0.2) is 168 Å². The largest absolute Gasteiger partial charge is 0.460 e. The molecule has 4 rings (SSSR count). The zero-order chi connectivity index (χ0) is 55.1. The van der Waals surface area contributed by atoms with Crippen LogP contribution in [0.4, 0.5) is 0 Å². The van der Waals surface area contributed by atoms with E-state index in [-0.39, 0.29) is 55.4 Å². The van der Waals surface area contributed by atoms with Gasteiger partial charge in [0.05, 0.1) is 38.1 Å². The van der Waals surface area contributed by atoms with Gasteiger partial charge < -0.3 is 58.9 Å². The summed E-state index contributed by atoms with van der Waals surface area (Å²) >= 11 is 0. The number of carbonyl (C=O) groups is 6. The van der Waals surface area contributed by atoms with Crippen molar-refractivity contribution < 1.29 is 82.7 Å². The first-order chi connectivity index (χ1) is 35.0. The van der Waals surface area contributed by atoms with Crippen LogP contribution in [0.25, 0.3) is 0 Å². The summed E-state index contributed by atoms with van der Waals surface area (Å²) in [5, 5.41) is 53.4. The molecule has 3 aliphatic heterocycles. The highest BCUT2D eigenvalue weighted by Gasteiger charge is 2.53. The second-order valence-electron chi connectivity index (χ2n) is 21.8. The van der Waals surface area contributed by atoms with E-state index in [0.29, 0.717) is 51.4 Å². The van der Waals surface area contributed by atoms with Crippen molar-refractivity contribution in [3.05, 3.63) is 47.6 Å². The Bertz CT molecular complexity index is 2030. The van der Waals surface area contributed by atoms with Gasteiger partial charge in [-0.1, -0.05) is 64.2 Å². The third-order valence-corrected chi connectivity index (χ3v) is 16.0. The molecule has 18 nitrogen and oxygen atoms in total. The normalized spacial score (nSPS) is 37.1. The number of hydrogen-bond donors (Lipinski definition) is 5. The standard InChI is InChI=1S/C56H87NO17/c1-33-16-12-11-13-17-34(2)45(69-8)28-41-21-19-38(6)56(68,74-41)51(64)52(65)57-23-15-14-18-42(57)53(66)72-46(29-43(61)35(3)25-37(5)48(62)50(71-10)49(63)40(24-33)30-58)36(4)26-39-20-22-44(47(27-39)70-9)73-54(67)55(7,31-59)32-60/h11-13,16-17,25,33,35-36,38-42,44-48,50,58-60,62,68H,14-15,18-24,26-32H2,1-10H3/b13-11+,16-12+,34-17+,37-25+/t33-,35-,36-,38-,39+,40?,41+,42+,44-,45+,46+,47-,48-,50-,56-/m1/s1. The molecule has 3 heterocycles. The number of aliphatic hydroxyl groups is 5. The minimum atomic E-state index is -2.48. The number of methoxy groups -OCH3 is 3. The fraction of sp³-hybridized carbons (Fsp3) is 0.750. The van der Waals surface area contributed by atoms with Crippen molar-refractivity contribution in [3.63, 3.8) is 0 Å². The molecule has 0 aromatic heterocycles. The topological polar surface area (TPSA) is 262 Å². The van der Waals surface area contributed by atoms with E-state index in [1.165, 1.54) is 27.2 Å². The number of piperidine rings is 1. The predicted molar refractivity (Wildman–Crippen MR) is 273 cm³/mol. The molecule has 1 saturated carbocycles. The van der Waals surface area contributed by atoms with Crippen molar-refractivity contribution in [2.75, 3.05) is 47.7 Å². The van der Waals surface area contributed by atoms with E-state index in [1.807, 2.05) is 51.2 Å². The van der Waals surface area contributed by atoms with Crippen molar-refractivity contribution in [2.24, 2.45) is 40.9 Å². The van der Waals surface area contributed by atoms with Crippen LogP contribution in [0.3, 0.4) is 0 Å². The van der Waals surface area contributed by atoms with E-state index in [0.717, 1.165) is 10.5 Å². The molecule has 4 aliphatic rings. The number of nitrogens with zero attached hydrogens (tertiary/aromatic N) is 1. The number of carbonyl (C=O) groups excluding carboxylic acids is 6. The lowest BCUT2D eigenvalue weighted by Crippen LogP contribution is -2.61. The van der Waals surface area contributed by atoms with E-state index in [4.69, 9.17) is 28.4 Å². The van der Waals surface area contributed by atoms with Crippen LogP contribution in [0, 0.1) is 40.9 Å². The first-order valence-electron chi connectivity index (χ1n) is 26.5. The maximum absolute atomic E-state index is 14.6. The van der Waals surface area contributed by atoms with Gasteiger partial charge in [0, 0.05) is 58.5 Å². The van der Waals surface area contributed by atoms with Crippen molar-refractivity contribution in [1.29, 1.82) is 0 Å². The average Bonchev–Trinajstić information content (AvgIpc) is 3.39. The quantitative estimate of drug-likeness (QED) is 0.107. The summed E-state index contributed by atoms with van der Waals surface area (Å²) in [7, 11) is 4.33. The second-order valence-corrected chi connectivity index (χ2v) is 21.8. The Balaban J connectivity index is 1.71. The number of rotatable bonds is 11. The highest BCUT2D eigenvalue weighted by atomic mass is 16.6. The molecule has 0 radical (unpaired) electrons. The first-order valence-corrected chi connectivity index (χ1v) is 26.5. The molecule has 0 aromatic carbocycles. The Labute approximate surface area is 437 Å². The summed E-state index contributed by atoms with van der Waals surface area (Å²) in [5.74, 6) is -10.3. The molecule has 1 amide bonds. The minimum Gasteiger partial charge on any atom is -0.460 e. The third-order valence-electron chi connectivity index (χ3n) is 16.0. The van der Waals surface area contributed by atoms with Crippen molar-refractivity contribution in [1.82, 2.24) is 4.90 Å². The number of Topliss-reactive ketones (excluding diaryl/α,β-unsaturated/α-hetero) is 3. The van der Waals surface area contributed by atoms with Gasteiger partial charge in [-0.05, 0) is 114 Å². The van der Waals surface area contributed by atoms with E-state index in [2.05, 4.69) is 0 Å². The van der Waals surface area contributed by atoms with Gasteiger partial charge in [-0.2, -0.15) is 0 Å². The van der Waals surface area contributed by atoms with E-state index in [1.54, 1.807) is 27.9 Å². The van der Waals surface area contributed by atoms with Crippen LogP contribution in [-0.2, 0) is 57.2 Å². The molecular formula is C56H87NO17. The number of cyclic esters (lactones) is 1. The Morgan fingerprint density at radius 1 is 0.865 bits per heavy atom. The molecule has 74 heavy (non-hydrogen) atoms. The van der Waals surface area contributed by atoms with Gasteiger partial charge in [0.25, 0.3) is 11.7 Å². The van der Waals surface area contributed by atoms with Crippen molar-refractivity contribution >= 4 is 35.2 Å². The number of esters is 2. The molecule has 418 valence electrons. The van der Waals surface area contributed by atoms with E-state index < -0.39 is 133 Å². The van der Waals surface area contributed by atoms with Crippen LogP contribution in [0.1, 0.15) is 126 Å². The van der Waals surface area contributed by atoms with Gasteiger partial charge >= 0.3 is 11.9 Å². The zero-order valence-electron chi connectivity index (χ0n) is 45.4. The molecule has 2 bridgehead atoms. The Morgan fingerprint density at radius 3 is 2.20 bits per heavy atom. The SMILES string of the molecule is CO[C@H]1C[C@@H]2CC[C@@H](C)[C@@](O)(O2)C(=O)C(=O)N2CCCC[C@H]2C(=O)O[C@H]([C@H](C)C[C@@H]2CC[C@@H](OC(=O)C(C)(CO)CO)[C@H](OC)C2)CC(=O)[C@H](C)/C=C(\C)[C@@H](O)[C@@H](OC)C(=O)C(CO)C[C@H](C)/C=C/C=C/C=C/1C. The lowest BCUT2D eigenvalue weighted by atomic mass is 9.78. The Morgan fingerprint density at radius 2 is 1.57 bits per heavy atom. The number of allylic oxidation sites excluding steroid dienone is 6. The molecule has 0 aromatic rings. The van der Waals surface area contributed by atoms with Gasteiger partial charge in [-0.15, -0.1) is 0 Å². The maximum Gasteiger partial charge on any atom is 0.329 e. The number of amides is 1. The van der Waals surface area contributed by atoms with Crippen LogP contribution < -0.4 is 0 Å². The summed E-state index contributed by atoms with van der Waals surface area (Å²) in [4.78, 5) is 85.5. The number of ether oxygens (including phenoxy) is 6. The molecule has 2 saturated heterocycles. The van der Waals surface area contributed by atoms with E-state index >= 15 is 0 Å². The highest BCUT2D eigenvalue weighted by molar-refractivity contribution is 6.39. The Hall–Kier alpha value is -3.98. The summed E-state index contributed by atoms with van der Waals surface area (Å²) in [6.45, 7) is 10.2. The fourth-order valence-corrected chi connectivity index (χ4v) is 10.7. The van der Waals surface area contributed by atoms with Crippen LogP contribution >= 0.6 is 0 Å². The van der Waals surface area contributed by atoms with Crippen LogP contribution in [0.15, 0.2) is 47.6 Å². The van der Waals surface area contributed by atoms with E-state index in [9.17, 15) is 54.3 Å². The Kier molecular flexibility index (Phi) is 24.5. The lowest BCUT2D eigenvalue weighted by Gasteiger charge is -2.42. The molecule has 5 N–H and O–H groups in total.